The maximum Gasteiger partial charge on any atom is 0.282 e. The quantitative estimate of drug-likeness (QED) is 0.683. The van der Waals surface area contributed by atoms with Gasteiger partial charge in [-0.2, -0.15) is 0 Å². The monoisotopic (exact) mass is 291 g/mol. The molecule has 1 unspecified atom stereocenters. The first-order valence-electron chi connectivity index (χ1n) is 7.38. The molecule has 0 aliphatic carbocycles. The van der Waals surface area contributed by atoms with Crippen LogP contribution < -0.4 is 5.32 Å². The minimum atomic E-state index is -0.489. The second-order valence-corrected chi connectivity index (χ2v) is 5.36. The van der Waals surface area contributed by atoms with Crippen molar-refractivity contribution in [2.45, 2.75) is 39.2 Å². The third-order valence-electron chi connectivity index (χ3n) is 3.87. The average molecular weight is 291 g/mol. The summed E-state index contributed by atoms with van der Waals surface area (Å²) in [5, 5.41) is 14.3. The number of likely N-dealkylation sites (tertiary alicyclic amines) is 1. The van der Waals surface area contributed by atoms with Crippen LogP contribution in [0.15, 0.2) is 18.2 Å². The van der Waals surface area contributed by atoms with E-state index in [0.717, 1.165) is 24.9 Å². The summed E-state index contributed by atoms with van der Waals surface area (Å²) < 4.78 is 0. The summed E-state index contributed by atoms with van der Waals surface area (Å²) in [4.78, 5) is 25.1. The molecule has 114 valence electrons. The van der Waals surface area contributed by atoms with E-state index in [-0.39, 0.29) is 23.2 Å². The standard InChI is InChI=1S/C15H21N3O3/c1-3-16-12-7-8-14(18(20)21)13(10-12)15(19)17-9-5-4-6-11(17)2/h7-8,10-11,16H,3-6,9H2,1-2H3. The Morgan fingerprint density at radius 2 is 2.24 bits per heavy atom. The fourth-order valence-corrected chi connectivity index (χ4v) is 2.74. The lowest BCUT2D eigenvalue weighted by Crippen LogP contribution is -2.42. The lowest BCUT2D eigenvalue weighted by atomic mass is 10.0. The number of hydrogen-bond donors (Lipinski definition) is 1. The maximum absolute atomic E-state index is 12.7. The van der Waals surface area contributed by atoms with Gasteiger partial charge in [0, 0.05) is 30.9 Å². The summed E-state index contributed by atoms with van der Waals surface area (Å²) in [6.07, 6.45) is 3.01. The molecule has 1 aliphatic rings. The molecule has 1 aromatic carbocycles. The van der Waals surface area contributed by atoms with Crippen LogP contribution in [0, 0.1) is 10.1 Å². The second kappa shape index (κ2) is 6.56. The molecule has 1 heterocycles. The molecule has 1 amide bonds. The van der Waals surface area contributed by atoms with Crippen molar-refractivity contribution in [1.29, 1.82) is 0 Å². The molecule has 1 saturated heterocycles. The average Bonchev–Trinajstić information content (AvgIpc) is 2.47. The van der Waals surface area contributed by atoms with Crippen LogP contribution in [0.25, 0.3) is 0 Å². The first-order valence-corrected chi connectivity index (χ1v) is 7.38. The van der Waals surface area contributed by atoms with Gasteiger partial charge in [0.2, 0.25) is 0 Å². The van der Waals surface area contributed by atoms with Crippen molar-refractivity contribution in [3.63, 3.8) is 0 Å². The Bertz CT molecular complexity index is 545. The van der Waals surface area contributed by atoms with E-state index in [2.05, 4.69) is 5.32 Å². The third kappa shape index (κ3) is 3.32. The molecule has 0 aromatic heterocycles. The number of benzene rings is 1. The summed E-state index contributed by atoms with van der Waals surface area (Å²) in [7, 11) is 0. The van der Waals surface area contributed by atoms with Gasteiger partial charge in [0.15, 0.2) is 0 Å². The first kappa shape index (κ1) is 15.3. The Kier molecular flexibility index (Phi) is 4.77. The van der Waals surface area contributed by atoms with E-state index in [4.69, 9.17) is 0 Å². The molecule has 6 heteroatoms. The number of nitrogens with zero attached hydrogens (tertiary/aromatic N) is 2. The minimum Gasteiger partial charge on any atom is -0.385 e. The molecule has 1 N–H and O–H groups in total. The van der Waals surface area contributed by atoms with Gasteiger partial charge >= 0.3 is 0 Å². The lowest BCUT2D eigenvalue weighted by Gasteiger charge is -2.33. The molecule has 1 atom stereocenters. The third-order valence-corrected chi connectivity index (χ3v) is 3.87. The van der Waals surface area contributed by atoms with E-state index in [9.17, 15) is 14.9 Å². The summed E-state index contributed by atoms with van der Waals surface area (Å²) in [5.74, 6) is -0.242. The largest absolute Gasteiger partial charge is 0.385 e. The highest BCUT2D eigenvalue weighted by Gasteiger charge is 2.29. The van der Waals surface area contributed by atoms with Crippen LogP contribution in [-0.4, -0.2) is 34.9 Å². The predicted octanol–water partition coefficient (Wildman–Crippen LogP) is 3.04. The van der Waals surface area contributed by atoms with Crippen LogP contribution in [0.1, 0.15) is 43.5 Å². The van der Waals surface area contributed by atoms with E-state index in [0.29, 0.717) is 13.1 Å². The minimum absolute atomic E-state index is 0.126. The van der Waals surface area contributed by atoms with Crippen LogP contribution in [0.3, 0.4) is 0 Å². The molecular formula is C15H21N3O3. The number of nitro benzene ring substituents is 1. The van der Waals surface area contributed by atoms with Crippen molar-refractivity contribution in [2.75, 3.05) is 18.4 Å². The topological polar surface area (TPSA) is 75.5 Å². The van der Waals surface area contributed by atoms with Crippen LogP contribution in [-0.2, 0) is 0 Å². The van der Waals surface area contributed by atoms with Crippen molar-refractivity contribution in [3.05, 3.63) is 33.9 Å². The van der Waals surface area contributed by atoms with E-state index in [1.165, 1.54) is 6.07 Å². The smallest absolute Gasteiger partial charge is 0.282 e. The number of nitrogens with one attached hydrogen (secondary N) is 1. The zero-order valence-electron chi connectivity index (χ0n) is 12.5. The number of rotatable bonds is 4. The normalized spacial score (nSPS) is 18.4. The predicted molar refractivity (Wildman–Crippen MR) is 81.6 cm³/mol. The first-order chi connectivity index (χ1) is 10.0. The highest BCUT2D eigenvalue weighted by atomic mass is 16.6. The maximum atomic E-state index is 12.7. The number of nitro groups is 1. The highest BCUT2D eigenvalue weighted by Crippen LogP contribution is 2.27. The van der Waals surface area contributed by atoms with E-state index < -0.39 is 4.92 Å². The van der Waals surface area contributed by atoms with Crippen LogP contribution in [0.4, 0.5) is 11.4 Å². The van der Waals surface area contributed by atoms with Gasteiger partial charge in [-0.3, -0.25) is 14.9 Å². The van der Waals surface area contributed by atoms with Gasteiger partial charge in [-0.05, 0) is 45.2 Å². The summed E-state index contributed by atoms with van der Waals surface area (Å²) in [6.45, 7) is 5.31. The van der Waals surface area contributed by atoms with Crippen molar-refractivity contribution >= 4 is 17.3 Å². The van der Waals surface area contributed by atoms with Gasteiger partial charge in [0.1, 0.15) is 5.56 Å². The summed E-state index contributed by atoms with van der Waals surface area (Å²) >= 11 is 0. The molecule has 1 aromatic rings. The van der Waals surface area contributed by atoms with Gasteiger partial charge in [0.25, 0.3) is 11.6 Å². The van der Waals surface area contributed by atoms with Crippen molar-refractivity contribution in [1.82, 2.24) is 4.90 Å². The lowest BCUT2D eigenvalue weighted by molar-refractivity contribution is -0.385. The molecule has 0 spiro atoms. The van der Waals surface area contributed by atoms with Crippen molar-refractivity contribution in [3.8, 4) is 0 Å². The Morgan fingerprint density at radius 1 is 1.48 bits per heavy atom. The molecular weight excluding hydrogens is 270 g/mol. The number of anilines is 1. The second-order valence-electron chi connectivity index (χ2n) is 5.36. The van der Waals surface area contributed by atoms with Gasteiger partial charge < -0.3 is 10.2 Å². The molecule has 2 rings (SSSR count). The molecule has 1 fully saturated rings. The van der Waals surface area contributed by atoms with Crippen LogP contribution in [0.2, 0.25) is 0 Å². The van der Waals surface area contributed by atoms with E-state index >= 15 is 0 Å². The summed E-state index contributed by atoms with van der Waals surface area (Å²) in [6, 6.07) is 4.76. The molecule has 0 bridgehead atoms. The van der Waals surface area contributed by atoms with E-state index in [1.54, 1.807) is 17.0 Å². The number of carbonyl (C=O) groups excluding carboxylic acids is 1. The fourth-order valence-electron chi connectivity index (χ4n) is 2.74. The fraction of sp³-hybridized carbons (Fsp3) is 0.533. The number of hydrogen-bond acceptors (Lipinski definition) is 4. The van der Waals surface area contributed by atoms with Gasteiger partial charge in [-0.25, -0.2) is 0 Å². The number of piperidine rings is 1. The SMILES string of the molecule is CCNc1ccc([N+](=O)[O-])c(C(=O)N2CCCCC2C)c1. The molecule has 0 saturated carbocycles. The highest BCUT2D eigenvalue weighted by molar-refractivity contribution is 5.99. The molecule has 21 heavy (non-hydrogen) atoms. The van der Waals surface area contributed by atoms with Crippen LogP contribution >= 0.6 is 0 Å². The van der Waals surface area contributed by atoms with Gasteiger partial charge in [0.05, 0.1) is 4.92 Å². The molecule has 6 nitrogen and oxygen atoms in total. The van der Waals surface area contributed by atoms with Crippen molar-refractivity contribution in [2.24, 2.45) is 0 Å². The molecule has 1 aliphatic heterocycles. The Balaban J connectivity index is 2.36. The van der Waals surface area contributed by atoms with Gasteiger partial charge in [-0.1, -0.05) is 0 Å². The van der Waals surface area contributed by atoms with Crippen LogP contribution in [0.5, 0.6) is 0 Å². The molecule has 0 radical (unpaired) electrons. The van der Waals surface area contributed by atoms with E-state index in [1.807, 2.05) is 13.8 Å². The number of amides is 1. The van der Waals surface area contributed by atoms with Crippen molar-refractivity contribution < 1.29 is 9.72 Å². The number of carbonyl (C=O) groups is 1. The Hall–Kier alpha value is -2.11. The zero-order chi connectivity index (χ0) is 15.4. The zero-order valence-corrected chi connectivity index (χ0v) is 12.5. The summed E-state index contributed by atoms with van der Waals surface area (Å²) in [5.41, 5.74) is 0.780. The van der Waals surface area contributed by atoms with Gasteiger partial charge in [-0.15, -0.1) is 0 Å². The Labute approximate surface area is 124 Å². The Morgan fingerprint density at radius 3 is 2.86 bits per heavy atom.